The van der Waals surface area contributed by atoms with Crippen LogP contribution in [0.2, 0.25) is 0 Å². The highest BCUT2D eigenvalue weighted by atomic mass is 16.4. The second kappa shape index (κ2) is 6.67. The van der Waals surface area contributed by atoms with Crippen molar-refractivity contribution in [3.05, 3.63) is 0 Å². The topological polar surface area (TPSA) is 84.6 Å². The first-order valence-corrected chi connectivity index (χ1v) is 5.03. The third-order valence-electron chi connectivity index (χ3n) is 2.07. The van der Waals surface area contributed by atoms with Gasteiger partial charge in [0.1, 0.15) is 6.54 Å². The number of nitrogens with zero attached hydrogens (tertiary/aromatic N) is 3. The van der Waals surface area contributed by atoms with Gasteiger partial charge in [-0.3, -0.25) is 4.79 Å². The summed E-state index contributed by atoms with van der Waals surface area (Å²) in [5.41, 5.74) is 0. The van der Waals surface area contributed by atoms with E-state index in [1.54, 1.807) is 20.9 Å². The van der Waals surface area contributed by atoms with Gasteiger partial charge in [-0.05, 0) is 13.8 Å². The number of urea groups is 1. The molecule has 6 nitrogen and oxygen atoms in total. The highest BCUT2D eigenvalue weighted by molar-refractivity contribution is 5.80. The fourth-order valence-electron chi connectivity index (χ4n) is 1.25. The number of aliphatic carboxylic acids is 1. The van der Waals surface area contributed by atoms with E-state index in [4.69, 9.17) is 10.4 Å². The van der Waals surface area contributed by atoms with Gasteiger partial charge in [0, 0.05) is 20.1 Å². The van der Waals surface area contributed by atoms with Gasteiger partial charge in [0.25, 0.3) is 0 Å². The van der Waals surface area contributed by atoms with E-state index < -0.39 is 5.97 Å². The molecule has 0 fully saturated rings. The molecule has 0 aliphatic carbocycles. The van der Waals surface area contributed by atoms with Gasteiger partial charge in [-0.2, -0.15) is 5.26 Å². The van der Waals surface area contributed by atoms with Crippen molar-refractivity contribution in [2.75, 3.05) is 26.7 Å². The van der Waals surface area contributed by atoms with Gasteiger partial charge in [-0.1, -0.05) is 0 Å². The van der Waals surface area contributed by atoms with E-state index in [9.17, 15) is 9.59 Å². The Hall–Kier alpha value is -1.77. The molecule has 1 N–H and O–H groups in total. The minimum atomic E-state index is -1.04. The first-order valence-electron chi connectivity index (χ1n) is 5.03. The number of hydrogen-bond acceptors (Lipinski definition) is 3. The maximum absolute atomic E-state index is 11.7. The van der Waals surface area contributed by atoms with Crippen LogP contribution in [0.1, 0.15) is 13.8 Å². The molecule has 0 aromatic heterocycles. The maximum atomic E-state index is 11.7. The normalized spacial score (nSPS) is 11.4. The molecule has 0 aromatic carbocycles. The maximum Gasteiger partial charge on any atom is 0.323 e. The Morgan fingerprint density at radius 3 is 2.44 bits per heavy atom. The van der Waals surface area contributed by atoms with Crippen LogP contribution < -0.4 is 0 Å². The summed E-state index contributed by atoms with van der Waals surface area (Å²) in [7, 11) is 1.56. The van der Waals surface area contributed by atoms with Crippen LogP contribution >= 0.6 is 0 Å². The lowest BCUT2D eigenvalue weighted by atomic mass is 10.2. The van der Waals surface area contributed by atoms with E-state index in [0.717, 1.165) is 0 Å². The molecule has 1 atom stereocenters. The zero-order valence-corrected chi connectivity index (χ0v) is 9.80. The minimum Gasteiger partial charge on any atom is -0.480 e. The summed E-state index contributed by atoms with van der Waals surface area (Å²) < 4.78 is 0. The molecule has 1 unspecified atom stereocenters. The molecule has 0 spiro atoms. The second-order valence-electron chi connectivity index (χ2n) is 3.60. The number of nitriles is 1. The molecule has 0 aliphatic rings. The van der Waals surface area contributed by atoms with Gasteiger partial charge in [-0.25, -0.2) is 4.79 Å². The summed E-state index contributed by atoms with van der Waals surface area (Å²) in [6.07, 6.45) is 0. The van der Waals surface area contributed by atoms with Crippen LogP contribution in [-0.4, -0.2) is 53.6 Å². The van der Waals surface area contributed by atoms with Crippen LogP contribution in [0.4, 0.5) is 4.79 Å². The van der Waals surface area contributed by atoms with Crippen molar-refractivity contribution in [1.82, 2.24) is 9.80 Å². The smallest absolute Gasteiger partial charge is 0.323 e. The van der Waals surface area contributed by atoms with Crippen molar-refractivity contribution in [1.29, 1.82) is 5.26 Å². The molecule has 0 heterocycles. The number of likely N-dealkylation sites (N-methyl/N-ethyl adjacent to an activating group) is 1. The summed E-state index contributed by atoms with van der Waals surface area (Å²) in [4.78, 5) is 24.8. The van der Waals surface area contributed by atoms with Crippen LogP contribution in [0.25, 0.3) is 0 Å². The number of amides is 2. The second-order valence-corrected chi connectivity index (χ2v) is 3.60. The zero-order valence-electron chi connectivity index (χ0n) is 9.80. The quantitative estimate of drug-likeness (QED) is 0.745. The van der Waals surface area contributed by atoms with Crippen LogP contribution in [0, 0.1) is 17.2 Å². The number of rotatable bonds is 5. The first-order chi connectivity index (χ1) is 7.42. The molecular formula is C10H17N3O3. The average molecular weight is 227 g/mol. The molecule has 0 bridgehead atoms. The molecule has 0 rings (SSSR count). The lowest BCUT2D eigenvalue weighted by Crippen LogP contribution is -2.44. The van der Waals surface area contributed by atoms with Crippen molar-refractivity contribution in [2.45, 2.75) is 13.8 Å². The van der Waals surface area contributed by atoms with Crippen molar-refractivity contribution >= 4 is 12.0 Å². The number of carbonyl (C=O) groups excluding carboxylic acids is 1. The molecule has 0 saturated carbocycles. The molecule has 6 heteroatoms. The summed E-state index contributed by atoms with van der Waals surface area (Å²) in [5, 5.41) is 17.2. The third kappa shape index (κ3) is 4.64. The van der Waals surface area contributed by atoms with Gasteiger partial charge in [0.05, 0.1) is 12.0 Å². The fraction of sp³-hybridized carbons (Fsp3) is 0.700. The highest BCUT2D eigenvalue weighted by Gasteiger charge is 2.19. The van der Waals surface area contributed by atoms with Gasteiger partial charge in [-0.15, -0.1) is 0 Å². The number of carboxylic acid groups (broad SMARTS) is 1. The summed E-state index contributed by atoms with van der Waals surface area (Å²) in [6, 6.07) is 1.65. The van der Waals surface area contributed by atoms with Gasteiger partial charge >= 0.3 is 12.0 Å². The average Bonchev–Trinajstić information content (AvgIpc) is 2.24. The first kappa shape index (κ1) is 14.2. The van der Waals surface area contributed by atoms with Crippen LogP contribution in [0.3, 0.4) is 0 Å². The van der Waals surface area contributed by atoms with Crippen molar-refractivity contribution < 1.29 is 14.7 Å². The van der Waals surface area contributed by atoms with Gasteiger partial charge in [0.15, 0.2) is 0 Å². The summed E-state index contributed by atoms with van der Waals surface area (Å²) in [6.45, 7) is 3.72. The molecule has 0 radical (unpaired) electrons. The molecule has 16 heavy (non-hydrogen) atoms. The SMILES string of the molecule is CCN(CC(=O)O)C(=O)N(C)CC(C)C#N. The Kier molecular flexibility index (Phi) is 5.93. The number of hydrogen-bond donors (Lipinski definition) is 1. The van der Waals surface area contributed by atoms with E-state index in [-0.39, 0.29) is 18.5 Å². The summed E-state index contributed by atoms with van der Waals surface area (Å²) in [5.74, 6) is -1.31. The van der Waals surface area contributed by atoms with Crippen molar-refractivity contribution in [3.8, 4) is 6.07 Å². The lowest BCUT2D eigenvalue weighted by Gasteiger charge is -2.26. The Balaban J connectivity index is 4.39. The third-order valence-corrected chi connectivity index (χ3v) is 2.07. The fourth-order valence-corrected chi connectivity index (χ4v) is 1.25. The van der Waals surface area contributed by atoms with Gasteiger partial charge < -0.3 is 14.9 Å². The van der Waals surface area contributed by atoms with E-state index in [1.165, 1.54) is 9.80 Å². The Morgan fingerprint density at radius 1 is 1.50 bits per heavy atom. The minimum absolute atomic E-state index is 0.266. The van der Waals surface area contributed by atoms with Crippen LogP contribution in [0.5, 0.6) is 0 Å². The van der Waals surface area contributed by atoms with E-state index in [1.807, 2.05) is 6.07 Å². The molecular weight excluding hydrogens is 210 g/mol. The van der Waals surface area contributed by atoms with Gasteiger partial charge in [0.2, 0.25) is 0 Å². The van der Waals surface area contributed by atoms with Crippen LogP contribution in [-0.2, 0) is 4.79 Å². The predicted molar refractivity (Wildman–Crippen MR) is 57.7 cm³/mol. The van der Waals surface area contributed by atoms with E-state index in [0.29, 0.717) is 13.1 Å². The molecule has 0 saturated heterocycles. The monoisotopic (exact) mass is 227 g/mol. The van der Waals surface area contributed by atoms with Crippen LogP contribution in [0.15, 0.2) is 0 Å². The molecule has 0 aromatic rings. The Labute approximate surface area is 95.1 Å². The van der Waals surface area contributed by atoms with Crippen molar-refractivity contribution in [3.63, 3.8) is 0 Å². The summed E-state index contributed by atoms with van der Waals surface area (Å²) >= 11 is 0. The molecule has 2 amide bonds. The van der Waals surface area contributed by atoms with Crippen molar-refractivity contribution in [2.24, 2.45) is 5.92 Å². The number of carboxylic acids is 1. The molecule has 0 aliphatic heterocycles. The zero-order chi connectivity index (χ0) is 12.7. The lowest BCUT2D eigenvalue weighted by molar-refractivity contribution is -0.137. The standard InChI is InChI=1S/C10H17N3O3/c1-4-13(7-9(14)15)10(16)12(3)6-8(2)5-11/h8H,4,6-7H2,1-3H3,(H,14,15). The Bertz CT molecular complexity index is 298. The van der Waals surface area contributed by atoms with E-state index >= 15 is 0 Å². The largest absolute Gasteiger partial charge is 0.480 e. The highest BCUT2D eigenvalue weighted by Crippen LogP contribution is 2.01. The molecule has 90 valence electrons. The number of carbonyl (C=O) groups is 2. The predicted octanol–water partition coefficient (Wildman–Crippen LogP) is 0.604. The van der Waals surface area contributed by atoms with E-state index in [2.05, 4.69) is 0 Å². The Morgan fingerprint density at radius 2 is 2.06 bits per heavy atom.